The number of carbonyl (C=O) groups is 2. The lowest BCUT2D eigenvalue weighted by Gasteiger charge is -2.36. The molecule has 0 saturated carbocycles. The molecular weight excluding hydrogens is 466 g/mol. The molecule has 1 fully saturated rings. The van der Waals surface area contributed by atoms with Gasteiger partial charge in [-0.1, -0.05) is 26.8 Å². The molecule has 36 heavy (non-hydrogen) atoms. The first-order valence-corrected chi connectivity index (χ1v) is 11.7. The van der Waals surface area contributed by atoms with Crippen molar-refractivity contribution in [3.8, 4) is 0 Å². The van der Waals surface area contributed by atoms with Crippen LogP contribution in [0.2, 0.25) is 0 Å². The molecule has 10 heteroatoms. The topological polar surface area (TPSA) is 82.5 Å². The van der Waals surface area contributed by atoms with Crippen molar-refractivity contribution in [3.63, 3.8) is 0 Å². The second kappa shape index (κ2) is 9.96. The van der Waals surface area contributed by atoms with E-state index in [0.29, 0.717) is 37.7 Å². The number of aromatic nitrogens is 2. The Bertz CT molecular complexity index is 1240. The maximum Gasteiger partial charge on any atom is 0.324 e. The third kappa shape index (κ3) is 5.48. The fraction of sp³-hybridized carbons (Fsp3) is 0.346. The number of rotatable bonds is 4. The second-order valence-corrected chi connectivity index (χ2v) is 9.79. The highest BCUT2D eigenvalue weighted by molar-refractivity contribution is 5.99. The number of hydrogen-bond donors (Lipinski definition) is 2. The van der Waals surface area contributed by atoms with Gasteiger partial charge in [-0.15, -0.1) is 0 Å². The van der Waals surface area contributed by atoms with Crippen molar-refractivity contribution in [2.24, 2.45) is 7.05 Å². The Kier molecular flexibility index (Phi) is 6.96. The molecule has 190 valence electrons. The van der Waals surface area contributed by atoms with Crippen LogP contribution in [0.25, 0.3) is 0 Å². The third-order valence-electron chi connectivity index (χ3n) is 6.12. The Morgan fingerprint density at radius 2 is 1.53 bits per heavy atom. The van der Waals surface area contributed by atoms with Crippen LogP contribution in [0.5, 0.6) is 0 Å². The molecule has 2 heterocycles. The number of nitrogens with one attached hydrogen (secondary N) is 2. The lowest BCUT2D eigenvalue weighted by molar-refractivity contribution is 0.0737. The molecule has 1 aliphatic heterocycles. The van der Waals surface area contributed by atoms with Crippen molar-refractivity contribution in [2.75, 3.05) is 41.7 Å². The summed E-state index contributed by atoms with van der Waals surface area (Å²) in [5, 5.41) is 10.1. The van der Waals surface area contributed by atoms with Gasteiger partial charge in [0, 0.05) is 56.1 Å². The average Bonchev–Trinajstić information content (AvgIpc) is 3.20. The Hall–Kier alpha value is -3.95. The van der Waals surface area contributed by atoms with Crippen LogP contribution in [0, 0.1) is 11.6 Å². The first-order valence-electron chi connectivity index (χ1n) is 11.7. The van der Waals surface area contributed by atoms with Crippen LogP contribution in [-0.2, 0) is 12.5 Å². The van der Waals surface area contributed by atoms with Gasteiger partial charge in [-0.2, -0.15) is 5.10 Å². The quantitative estimate of drug-likeness (QED) is 0.553. The summed E-state index contributed by atoms with van der Waals surface area (Å²) in [6.45, 7) is 7.90. The van der Waals surface area contributed by atoms with E-state index in [9.17, 15) is 18.4 Å². The van der Waals surface area contributed by atoms with E-state index in [1.54, 1.807) is 23.9 Å². The van der Waals surface area contributed by atoms with E-state index >= 15 is 0 Å². The Morgan fingerprint density at radius 1 is 0.917 bits per heavy atom. The standard InChI is InChI=1S/C26H30F2N6O2/c1-26(2,3)21-16-22(32(4)31-21)30-25(36)29-17-8-10-18(11-9-17)33-12-14-34(15-13-33)24(35)23-19(27)6-5-7-20(23)28/h5-11,16H,12-15H2,1-4H3,(H2,29,30,36). The Balaban J connectivity index is 1.32. The molecule has 8 nitrogen and oxygen atoms in total. The van der Waals surface area contributed by atoms with Gasteiger partial charge in [0.1, 0.15) is 23.0 Å². The van der Waals surface area contributed by atoms with Crippen LogP contribution in [0.3, 0.4) is 0 Å². The molecule has 2 aromatic carbocycles. The van der Waals surface area contributed by atoms with Crippen LogP contribution in [0.1, 0.15) is 36.8 Å². The van der Waals surface area contributed by atoms with E-state index < -0.39 is 23.1 Å². The van der Waals surface area contributed by atoms with Crippen molar-refractivity contribution in [2.45, 2.75) is 26.2 Å². The number of hydrogen-bond acceptors (Lipinski definition) is 4. The molecule has 3 amide bonds. The first kappa shape index (κ1) is 25.2. The highest BCUT2D eigenvalue weighted by Gasteiger charge is 2.26. The summed E-state index contributed by atoms with van der Waals surface area (Å²) in [4.78, 5) is 28.6. The molecule has 0 aliphatic carbocycles. The monoisotopic (exact) mass is 496 g/mol. The van der Waals surface area contributed by atoms with Crippen LogP contribution in [0.4, 0.5) is 30.8 Å². The van der Waals surface area contributed by atoms with Gasteiger partial charge in [-0.3, -0.25) is 14.8 Å². The van der Waals surface area contributed by atoms with Gasteiger partial charge in [0.25, 0.3) is 5.91 Å². The summed E-state index contributed by atoms with van der Waals surface area (Å²) >= 11 is 0. The van der Waals surface area contributed by atoms with Gasteiger partial charge < -0.3 is 15.1 Å². The lowest BCUT2D eigenvalue weighted by atomic mass is 9.92. The zero-order valence-corrected chi connectivity index (χ0v) is 20.8. The normalized spacial score (nSPS) is 14.1. The van der Waals surface area contributed by atoms with Crippen LogP contribution in [0.15, 0.2) is 48.5 Å². The number of halogens is 2. The fourth-order valence-corrected chi connectivity index (χ4v) is 4.01. The minimum absolute atomic E-state index is 0.128. The van der Waals surface area contributed by atoms with Gasteiger partial charge in [-0.05, 0) is 36.4 Å². The van der Waals surface area contributed by atoms with Crippen LogP contribution in [-0.4, -0.2) is 52.8 Å². The summed E-state index contributed by atoms with van der Waals surface area (Å²) in [7, 11) is 1.78. The summed E-state index contributed by atoms with van der Waals surface area (Å²) in [5.41, 5.74) is 1.78. The second-order valence-electron chi connectivity index (χ2n) is 9.79. The van der Waals surface area contributed by atoms with Crippen molar-refractivity contribution in [1.29, 1.82) is 0 Å². The first-order chi connectivity index (χ1) is 17.0. The van der Waals surface area contributed by atoms with Gasteiger partial charge in [0.2, 0.25) is 0 Å². The molecule has 2 N–H and O–H groups in total. The summed E-state index contributed by atoms with van der Waals surface area (Å²) in [6, 6.07) is 12.2. The number of anilines is 3. The van der Waals surface area contributed by atoms with Crippen LogP contribution >= 0.6 is 0 Å². The largest absolute Gasteiger partial charge is 0.368 e. The lowest BCUT2D eigenvalue weighted by Crippen LogP contribution is -2.49. The SMILES string of the molecule is Cn1nc(C(C)(C)C)cc1NC(=O)Nc1ccc(N2CCN(C(=O)c3c(F)cccc3F)CC2)cc1. The maximum atomic E-state index is 14.0. The minimum Gasteiger partial charge on any atom is -0.368 e. The number of nitrogens with zero attached hydrogens (tertiary/aromatic N) is 4. The predicted molar refractivity (Wildman–Crippen MR) is 135 cm³/mol. The number of benzene rings is 2. The van der Waals surface area contributed by atoms with Crippen molar-refractivity contribution in [3.05, 3.63) is 71.4 Å². The zero-order chi connectivity index (χ0) is 26.0. The number of aryl methyl sites for hydroxylation is 1. The van der Waals surface area contributed by atoms with Gasteiger partial charge in [0.05, 0.1) is 5.69 Å². The van der Waals surface area contributed by atoms with E-state index in [4.69, 9.17) is 0 Å². The fourth-order valence-electron chi connectivity index (χ4n) is 4.01. The molecule has 3 aromatic rings. The number of piperazine rings is 1. The van der Waals surface area contributed by atoms with Crippen molar-refractivity contribution >= 4 is 29.1 Å². The number of carbonyl (C=O) groups excluding carboxylic acids is 2. The predicted octanol–water partition coefficient (Wildman–Crippen LogP) is 4.60. The molecule has 0 bridgehead atoms. The molecule has 0 atom stereocenters. The molecule has 0 unspecified atom stereocenters. The van der Waals surface area contributed by atoms with Crippen molar-refractivity contribution < 1.29 is 18.4 Å². The number of amides is 3. The molecular formula is C26H30F2N6O2. The molecule has 0 radical (unpaired) electrons. The molecule has 1 aliphatic rings. The van der Waals surface area contributed by atoms with Gasteiger partial charge >= 0.3 is 6.03 Å². The smallest absolute Gasteiger partial charge is 0.324 e. The molecule has 1 saturated heterocycles. The third-order valence-corrected chi connectivity index (χ3v) is 6.12. The van der Waals surface area contributed by atoms with Crippen molar-refractivity contribution in [1.82, 2.24) is 14.7 Å². The summed E-state index contributed by atoms with van der Waals surface area (Å²) < 4.78 is 29.6. The van der Waals surface area contributed by atoms with Crippen LogP contribution < -0.4 is 15.5 Å². The molecule has 4 rings (SSSR count). The average molecular weight is 497 g/mol. The highest BCUT2D eigenvalue weighted by Crippen LogP contribution is 2.24. The van der Waals surface area contributed by atoms with Gasteiger partial charge in [-0.25, -0.2) is 13.6 Å². The molecule has 0 spiro atoms. The van der Waals surface area contributed by atoms with E-state index in [-0.39, 0.29) is 11.4 Å². The van der Waals surface area contributed by atoms with E-state index in [1.807, 2.05) is 18.2 Å². The minimum atomic E-state index is -0.854. The maximum absolute atomic E-state index is 14.0. The van der Waals surface area contributed by atoms with Gasteiger partial charge in [0.15, 0.2) is 0 Å². The zero-order valence-electron chi connectivity index (χ0n) is 20.8. The molecule has 1 aromatic heterocycles. The summed E-state index contributed by atoms with van der Waals surface area (Å²) in [6.07, 6.45) is 0. The summed E-state index contributed by atoms with van der Waals surface area (Å²) in [5.74, 6) is -1.75. The van der Waals surface area contributed by atoms with E-state index in [1.165, 1.54) is 11.0 Å². The highest BCUT2D eigenvalue weighted by atomic mass is 19.1. The van der Waals surface area contributed by atoms with E-state index in [2.05, 4.69) is 41.4 Å². The Labute approximate surface area is 208 Å². The van der Waals surface area contributed by atoms with E-state index in [0.717, 1.165) is 23.5 Å². The Morgan fingerprint density at radius 3 is 2.08 bits per heavy atom. The number of urea groups is 1.